The molecule has 1 saturated carbocycles. The Morgan fingerprint density at radius 3 is 2.23 bits per heavy atom. The average molecular weight is 424 g/mol. The maximum atomic E-state index is 13.2. The van der Waals surface area contributed by atoms with Crippen LogP contribution in [0.3, 0.4) is 0 Å². The Labute approximate surface area is 181 Å². The molecule has 4 aliphatic rings. The number of imide groups is 1. The maximum absolute atomic E-state index is 13.2. The molecule has 7 heteroatoms. The molecule has 0 unspecified atom stereocenters. The monoisotopic (exact) mass is 424 g/mol. The summed E-state index contributed by atoms with van der Waals surface area (Å²) in [5, 5.41) is 3.06. The molecule has 1 aromatic carbocycles. The Hall–Kier alpha value is -2.83. The fourth-order valence-electron chi connectivity index (χ4n) is 5.59. The highest BCUT2D eigenvalue weighted by Gasteiger charge is 2.60. The second-order valence-corrected chi connectivity index (χ2v) is 9.36. The van der Waals surface area contributed by atoms with Crippen molar-refractivity contribution >= 4 is 17.7 Å². The van der Waals surface area contributed by atoms with Crippen LogP contribution in [-0.2, 0) is 14.4 Å². The number of fused-ring (bicyclic) bond motifs is 6. The van der Waals surface area contributed by atoms with Crippen LogP contribution >= 0.6 is 0 Å². The first-order valence-electron chi connectivity index (χ1n) is 11.1. The molecule has 1 N–H and O–H groups in total. The molecule has 2 fully saturated rings. The van der Waals surface area contributed by atoms with E-state index in [1.807, 2.05) is 32.0 Å². The summed E-state index contributed by atoms with van der Waals surface area (Å²) < 4.78 is 11.3. The molecule has 1 aromatic rings. The summed E-state index contributed by atoms with van der Waals surface area (Å²) in [7, 11) is 0. The Morgan fingerprint density at radius 1 is 1.00 bits per heavy atom. The van der Waals surface area contributed by atoms with Crippen molar-refractivity contribution in [2.24, 2.45) is 29.6 Å². The van der Waals surface area contributed by atoms with E-state index in [1.54, 1.807) is 6.92 Å². The lowest BCUT2D eigenvalue weighted by atomic mass is 9.85. The van der Waals surface area contributed by atoms with Crippen molar-refractivity contribution in [1.29, 1.82) is 0 Å². The van der Waals surface area contributed by atoms with E-state index in [2.05, 4.69) is 17.5 Å². The quantitative estimate of drug-likeness (QED) is 0.580. The molecular weight excluding hydrogens is 396 g/mol. The minimum atomic E-state index is -0.844. The highest BCUT2D eigenvalue weighted by atomic mass is 16.6. The summed E-state index contributed by atoms with van der Waals surface area (Å²) in [5.74, 6) is 0.412. The van der Waals surface area contributed by atoms with Gasteiger partial charge in [-0.15, -0.1) is 0 Å². The van der Waals surface area contributed by atoms with Crippen LogP contribution in [0.4, 0.5) is 0 Å². The van der Waals surface area contributed by atoms with Gasteiger partial charge in [-0.3, -0.25) is 19.3 Å². The predicted octanol–water partition coefficient (Wildman–Crippen LogP) is 2.47. The van der Waals surface area contributed by atoms with Gasteiger partial charge in [0, 0.05) is 0 Å². The molecule has 2 bridgehead atoms. The van der Waals surface area contributed by atoms with Gasteiger partial charge >= 0.3 is 0 Å². The molecule has 5 rings (SSSR count). The van der Waals surface area contributed by atoms with Crippen LogP contribution in [0.25, 0.3) is 0 Å². The van der Waals surface area contributed by atoms with Crippen LogP contribution in [0, 0.1) is 29.6 Å². The van der Waals surface area contributed by atoms with Crippen molar-refractivity contribution in [3.63, 3.8) is 0 Å². The molecule has 2 aliphatic heterocycles. The third kappa shape index (κ3) is 3.13. The van der Waals surface area contributed by atoms with Gasteiger partial charge < -0.3 is 14.8 Å². The number of likely N-dealkylation sites (tertiary alicyclic amines) is 1. The SMILES string of the molecule is CC(C)[C@H](NC(=O)[C@H](C)N1C(=O)[C@H]2[C@H](C1=O)[C@H]1C=C[C@H]2C1)c1ccc2c(c1)OCCO2. The lowest BCUT2D eigenvalue weighted by molar-refractivity contribution is -0.148. The van der Waals surface area contributed by atoms with Gasteiger partial charge in [-0.1, -0.05) is 32.1 Å². The number of ether oxygens (including phenoxy) is 2. The Bertz CT molecular complexity index is 941. The zero-order valence-electron chi connectivity index (χ0n) is 18.0. The standard InChI is InChI=1S/C24H28N2O5/c1-12(2)21(16-6-7-17-18(11-16)31-9-8-30-17)25-22(27)13(3)26-23(28)19-14-4-5-15(10-14)20(19)24(26)29/h4-7,11-15,19-21H,8-10H2,1-3H3,(H,25,27)/t13-,14-,15-,19+,20+,21-/m0/s1. The number of carbonyl (C=O) groups excluding carboxylic acids is 3. The topological polar surface area (TPSA) is 84.9 Å². The van der Waals surface area contributed by atoms with E-state index in [4.69, 9.17) is 9.47 Å². The highest BCUT2D eigenvalue weighted by Crippen LogP contribution is 2.52. The van der Waals surface area contributed by atoms with E-state index < -0.39 is 6.04 Å². The Kier molecular flexibility index (Phi) is 4.79. The molecule has 0 radical (unpaired) electrons. The summed E-state index contributed by atoms with van der Waals surface area (Å²) in [4.78, 5) is 40.5. The fraction of sp³-hybridized carbons (Fsp3) is 0.542. The van der Waals surface area contributed by atoms with E-state index >= 15 is 0 Å². The minimum Gasteiger partial charge on any atom is -0.486 e. The number of rotatable bonds is 5. The number of benzene rings is 1. The zero-order valence-corrected chi connectivity index (χ0v) is 18.0. The lowest BCUT2D eigenvalue weighted by Gasteiger charge is -2.29. The van der Waals surface area contributed by atoms with E-state index in [1.165, 1.54) is 4.90 Å². The van der Waals surface area contributed by atoms with Gasteiger partial charge in [0.1, 0.15) is 19.3 Å². The summed E-state index contributed by atoms with van der Waals surface area (Å²) >= 11 is 0. The summed E-state index contributed by atoms with van der Waals surface area (Å²) in [6, 6.07) is 4.54. The molecular formula is C24H28N2O5. The molecule has 0 aromatic heterocycles. The molecule has 3 amide bonds. The molecule has 7 nitrogen and oxygen atoms in total. The zero-order chi connectivity index (χ0) is 21.9. The number of allylic oxidation sites excluding steroid dienone is 2. The number of hydrogen-bond donors (Lipinski definition) is 1. The Balaban J connectivity index is 1.33. The van der Waals surface area contributed by atoms with E-state index in [0.29, 0.717) is 24.7 Å². The number of nitrogens with zero attached hydrogens (tertiary/aromatic N) is 1. The lowest BCUT2D eigenvalue weighted by Crippen LogP contribution is -2.50. The normalized spacial score (nSPS) is 30.0. The second kappa shape index (κ2) is 7.39. The molecule has 2 aliphatic carbocycles. The third-order valence-electron chi connectivity index (χ3n) is 7.16. The van der Waals surface area contributed by atoms with Crippen LogP contribution in [-0.4, -0.2) is 41.9 Å². The highest BCUT2D eigenvalue weighted by molar-refractivity contribution is 6.09. The summed E-state index contributed by atoms with van der Waals surface area (Å²) in [5.41, 5.74) is 0.901. The number of amides is 3. The van der Waals surface area contributed by atoms with Gasteiger partial charge in [0.25, 0.3) is 0 Å². The first kappa shape index (κ1) is 20.1. The molecule has 0 spiro atoms. The van der Waals surface area contributed by atoms with Crippen molar-refractivity contribution in [2.75, 3.05) is 13.2 Å². The smallest absolute Gasteiger partial charge is 0.243 e. The van der Waals surface area contributed by atoms with Gasteiger partial charge in [-0.2, -0.15) is 0 Å². The van der Waals surface area contributed by atoms with Gasteiger partial charge in [-0.05, 0) is 48.8 Å². The van der Waals surface area contributed by atoms with Crippen molar-refractivity contribution in [3.05, 3.63) is 35.9 Å². The number of carbonyl (C=O) groups is 3. The first-order chi connectivity index (χ1) is 14.9. The molecule has 164 valence electrons. The van der Waals surface area contributed by atoms with E-state index in [0.717, 1.165) is 12.0 Å². The van der Waals surface area contributed by atoms with Crippen LogP contribution < -0.4 is 14.8 Å². The summed E-state index contributed by atoms with van der Waals surface area (Å²) in [6.45, 7) is 6.69. The minimum absolute atomic E-state index is 0.100. The van der Waals surface area contributed by atoms with Crippen LogP contribution in [0.1, 0.15) is 38.8 Å². The predicted molar refractivity (Wildman–Crippen MR) is 112 cm³/mol. The van der Waals surface area contributed by atoms with Crippen molar-refractivity contribution in [1.82, 2.24) is 10.2 Å². The average Bonchev–Trinajstić information content (AvgIpc) is 3.44. The number of hydrogen-bond acceptors (Lipinski definition) is 5. The van der Waals surface area contributed by atoms with E-state index in [-0.39, 0.29) is 53.4 Å². The molecule has 31 heavy (non-hydrogen) atoms. The largest absolute Gasteiger partial charge is 0.486 e. The number of nitrogens with one attached hydrogen (secondary N) is 1. The third-order valence-corrected chi connectivity index (χ3v) is 7.16. The molecule has 1 saturated heterocycles. The second-order valence-electron chi connectivity index (χ2n) is 9.36. The molecule has 6 atom stereocenters. The van der Waals surface area contributed by atoms with Gasteiger partial charge in [-0.25, -0.2) is 0 Å². The van der Waals surface area contributed by atoms with E-state index in [9.17, 15) is 14.4 Å². The fourth-order valence-corrected chi connectivity index (χ4v) is 5.59. The summed E-state index contributed by atoms with van der Waals surface area (Å²) in [6.07, 6.45) is 4.99. The van der Waals surface area contributed by atoms with Crippen LogP contribution in [0.2, 0.25) is 0 Å². The van der Waals surface area contributed by atoms with Crippen molar-refractivity contribution < 1.29 is 23.9 Å². The first-order valence-corrected chi connectivity index (χ1v) is 11.1. The molecule has 2 heterocycles. The maximum Gasteiger partial charge on any atom is 0.243 e. The van der Waals surface area contributed by atoms with Crippen molar-refractivity contribution in [2.45, 2.75) is 39.3 Å². The van der Waals surface area contributed by atoms with Gasteiger partial charge in [0.2, 0.25) is 17.7 Å². The van der Waals surface area contributed by atoms with Crippen molar-refractivity contribution in [3.8, 4) is 11.5 Å². The van der Waals surface area contributed by atoms with Gasteiger partial charge in [0.15, 0.2) is 11.5 Å². The Morgan fingerprint density at radius 2 is 1.61 bits per heavy atom. The van der Waals surface area contributed by atoms with Crippen LogP contribution in [0.15, 0.2) is 30.4 Å². The van der Waals surface area contributed by atoms with Crippen LogP contribution in [0.5, 0.6) is 11.5 Å². The van der Waals surface area contributed by atoms with Gasteiger partial charge in [0.05, 0.1) is 17.9 Å².